The van der Waals surface area contributed by atoms with E-state index in [1.54, 1.807) is 6.20 Å². The zero-order valence-electron chi connectivity index (χ0n) is 10.0. The Hall–Kier alpha value is -0.760. The third kappa shape index (κ3) is 2.92. The van der Waals surface area contributed by atoms with Gasteiger partial charge in [0.1, 0.15) is 5.15 Å². The third-order valence-corrected chi connectivity index (χ3v) is 4.31. The van der Waals surface area contributed by atoms with Crippen molar-refractivity contribution in [3.8, 4) is 0 Å². The van der Waals surface area contributed by atoms with Crippen molar-refractivity contribution in [3.05, 3.63) is 23.5 Å². The van der Waals surface area contributed by atoms with Crippen LogP contribution in [-0.4, -0.2) is 11.0 Å². The highest BCUT2D eigenvalue weighted by Gasteiger charge is 2.34. The van der Waals surface area contributed by atoms with Crippen molar-refractivity contribution < 1.29 is 0 Å². The Morgan fingerprint density at radius 1 is 1.18 bits per heavy atom. The molecule has 0 aliphatic heterocycles. The van der Waals surface area contributed by atoms with Crippen LogP contribution in [0.1, 0.15) is 38.5 Å². The Labute approximate surface area is 108 Å². The molecule has 1 heterocycles. The molecule has 0 bridgehead atoms. The SMILES string of the molecule is Clc1cc(NC2CCCC(C3CC3)C2)ccn1. The van der Waals surface area contributed by atoms with Crippen molar-refractivity contribution in [1.29, 1.82) is 0 Å². The monoisotopic (exact) mass is 250 g/mol. The first-order valence-corrected chi connectivity index (χ1v) is 7.07. The van der Waals surface area contributed by atoms with Gasteiger partial charge in [-0.25, -0.2) is 4.98 Å². The van der Waals surface area contributed by atoms with Crippen LogP contribution in [0.4, 0.5) is 5.69 Å². The molecule has 3 heteroatoms. The Kier molecular flexibility index (Phi) is 3.24. The topological polar surface area (TPSA) is 24.9 Å². The molecule has 2 nitrogen and oxygen atoms in total. The normalized spacial score (nSPS) is 29.0. The van der Waals surface area contributed by atoms with Gasteiger partial charge in [-0.05, 0) is 49.7 Å². The summed E-state index contributed by atoms with van der Waals surface area (Å²) in [5.74, 6) is 2.01. The van der Waals surface area contributed by atoms with Gasteiger partial charge in [-0.1, -0.05) is 24.4 Å². The third-order valence-electron chi connectivity index (χ3n) is 4.10. The second-order valence-corrected chi connectivity index (χ2v) is 5.86. The van der Waals surface area contributed by atoms with E-state index in [0.717, 1.165) is 17.5 Å². The molecule has 3 rings (SSSR count). The zero-order valence-corrected chi connectivity index (χ0v) is 10.8. The van der Waals surface area contributed by atoms with Crippen LogP contribution in [-0.2, 0) is 0 Å². The molecule has 17 heavy (non-hydrogen) atoms. The summed E-state index contributed by atoms with van der Waals surface area (Å²) < 4.78 is 0. The van der Waals surface area contributed by atoms with Gasteiger partial charge in [0.25, 0.3) is 0 Å². The number of aromatic nitrogens is 1. The average Bonchev–Trinajstić information content (AvgIpc) is 3.13. The van der Waals surface area contributed by atoms with E-state index in [1.165, 1.54) is 38.5 Å². The number of pyridine rings is 1. The van der Waals surface area contributed by atoms with Gasteiger partial charge < -0.3 is 5.32 Å². The highest BCUT2D eigenvalue weighted by Crippen LogP contribution is 2.44. The molecule has 0 saturated heterocycles. The van der Waals surface area contributed by atoms with Crippen LogP contribution in [0.15, 0.2) is 18.3 Å². The summed E-state index contributed by atoms with van der Waals surface area (Å²) in [4.78, 5) is 4.01. The molecule has 1 aromatic heterocycles. The Balaban J connectivity index is 1.60. The molecule has 0 amide bonds. The molecule has 2 aliphatic rings. The summed E-state index contributed by atoms with van der Waals surface area (Å²) in [5, 5.41) is 4.18. The van der Waals surface area contributed by atoms with Gasteiger partial charge in [0.15, 0.2) is 0 Å². The first-order chi connectivity index (χ1) is 8.31. The lowest BCUT2D eigenvalue weighted by Crippen LogP contribution is -2.28. The quantitative estimate of drug-likeness (QED) is 0.817. The fourth-order valence-corrected chi connectivity index (χ4v) is 3.26. The van der Waals surface area contributed by atoms with E-state index in [2.05, 4.69) is 10.3 Å². The molecule has 2 atom stereocenters. The van der Waals surface area contributed by atoms with E-state index >= 15 is 0 Å². The average molecular weight is 251 g/mol. The van der Waals surface area contributed by atoms with Crippen LogP contribution in [0.3, 0.4) is 0 Å². The number of halogens is 1. The summed E-state index contributed by atoms with van der Waals surface area (Å²) in [6.45, 7) is 0. The smallest absolute Gasteiger partial charge is 0.131 e. The molecule has 2 fully saturated rings. The standard InChI is InChI=1S/C14H19ClN2/c15-14-9-13(6-7-16-14)17-12-3-1-2-11(8-12)10-4-5-10/h6-7,9-12H,1-5,8H2,(H,16,17). The fraction of sp³-hybridized carbons (Fsp3) is 0.643. The maximum atomic E-state index is 5.90. The Bertz CT molecular complexity index is 390. The second-order valence-electron chi connectivity index (χ2n) is 5.47. The van der Waals surface area contributed by atoms with Gasteiger partial charge in [0, 0.05) is 17.9 Å². The van der Waals surface area contributed by atoms with Gasteiger partial charge >= 0.3 is 0 Å². The van der Waals surface area contributed by atoms with Gasteiger partial charge in [-0.3, -0.25) is 0 Å². The maximum absolute atomic E-state index is 5.90. The van der Waals surface area contributed by atoms with E-state index < -0.39 is 0 Å². The predicted molar refractivity (Wildman–Crippen MR) is 71.3 cm³/mol. The number of nitrogens with one attached hydrogen (secondary N) is 1. The largest absolute Gasteiger partial charge is 0.382 e. The van der Waals surface area contributed by atoms with E-state index in [4.69, 9.17) is 11.6 Å². The summed E-state index contributed by atoms with van der Waals surface area (Å²) in [5.41, 5.74) is 1.12. The predicted octanol–water partition coefficient (Wildman–Crippen LogP) is 4.12. The number of nitrogens with zero attached hydrogens (tertiary/aromatic N) is 1. The Morgan fingerprint density at radius 3 is 2.82 bits per heavy atom. The molecule has 0 spiro atoms. The zero-order chi connectivity index (χ0) is 11.7. The van der Waals surface area contributed by atoms with Crippen molar-refractivity contribution in [2.75, 3.05) is 5.32 Å². The molecule has 1 N–H and O–H groups in total. The van der Waals surface area contributed by atoms with E-state index in [0.29, 0.717) is 11.2 Å². The Morgan fingerprint density at radius 2 is 2.06 bits per heavy atom. The van der Waals surface area contributed by atoms with Crippen LogP contribution in [0.2, 0.25) is 5.15 Å². The van der Waals surface area contributed by atoms with Gasteiger partial charge in [-0.2, -0.15) is 0 Å². The minimum Gasteiger partial charge on any atom is -0.382 e. The minimum absolute atomic E-state index is 0.574. The van der Waals surface area contributed by atoms with Gasteiger partial charge in [-0.15, -0.1) is 0 Å². The van der Waals surface area contributed by atoms with Crippen molar-refractivity contribution in [1.82, 2.24) is 4.98 Å². The number of anilines is 1. The summed E-state index contributed by atoms with van der Waals surface area (Å²) in [7, 11) is 0. The minimum atomic E-state index is 0.574. The van der Waals surface area contributed by atoms with Crippen LogP contribution >= 0.6 is 11.6 Å². The molecule has 2 unspecified atom stereocenters. The molecule has 2 saturated carbocycles. The van der Waals surface area contributed by atoms with Crippen LogP contribution in [0, 0.1) is 11.8 Å². The van der Waals surface area contributed by atoms with Crippen LogP contribution < -0.4 is 5.32 Å². The first-order valence-electron chi connectivity index (χ1n) is 6.69. The molecular weight excluding hydrogens is 232 g/mol. The van der Waals surface area contributed by atoms with Crippen LogP contribution in [0.5, 0.6) is 0 Å². The summed E-state index contributed by atoms with van der Waals surface area (Å²) in [6.07, 6.45) is 10.2. The lowest BCUT2D eigenvalue weighted by molar-refractivity contribution is 0.303. The highest BCUT2D eigenvalue weighted by atomic mass is 35.5. The molecule has 0 radical (unpaired) electrons. The lowest BCUT2D eigenvalue weighted by Gasteiger charge is -2.30. The summed E-state index contributed by atoms with van der Waals surface area (Å²) >= 11 is 5.90. The van der Waals surface area contributed by atoms with Crippen LogP contribution in [0.25, 0.3) is 0 Å². The van der Waals surface area contributed by atoms with Gasteiger partial charge in [0.2, 0.25) is 0 Å². The maximum Gasteiger partial charge on any atom is 0.131 e. The van der Waals surface area contributed by atoms with Crippen molar-refractivity contribution in [2.45, 2.75) is 44.6 Å². The number of hydrogen-bond donors (Lipinski definition) is 1. The van der Waals surface area contributed by atoms with E-state index in [-0.39, 0.29) is 0 Å². The van der Waals surface area contributed by atoms with Crippen molar-refractivity contribution in [2.24, 2.45) is 11.8 Å². The molecule has 0 aromatic carbocycles. The lowest BCUT2D eigenvalue weighted by atomic mass is 9.82. The van der Waals surface area contributed by atoms with Crippen molar-refractivity contribution >= 4 is 17.3 Å². The second kappa shape index (κ2) is 4.85. The highest BCUT2D eigenvalue weighted by molar-refractivity contribution is 6.29. The molecular formula is C14H19ClN2. The van der Waals surface area contributed by atoms with E-state index in [9.17, 15) is 0 Å². The van der Waals surface area contributed by atoms with E-state index in [1.807, 2.05) is 12.1 Å². The summed E-state index contributed by atoms with van der Waals surface area (Å²) in [6, 6.07) is 4.56. The molecule has 2 aliphatic carbocycles. The van der Waals surface area contributed by atoms with Gasteiger partial charge in [0.05, 0.1) is 0 Å². The molecule has 1 aromatic rings. The van der Waals surface area contributed by atoms with Crippen molar-refractivity contribution in [3.63, 3.8) is 0 Å². The number of hydrogen-bond acceptors (Lipinski definition) is 2. The fourth-order valence-electron chi connectivity index (χ4n) is 3.08. The number of rotatable bonds is 3. The first kappa shape index (κ1) is 11.3. The molecule has 92 valence electrons.